The Morgan fingerprint density at radius 1 is 0.920 bits per heavy atom. The van der Waals surface area contributed by atoms with Crippen LogP contribution in [-0.4, -0.2) is 41.2 Å². The quantitative estimate of drug-likeness (QED) is 0.772. The van der Waals surface area contributed by atoms with Gasteiger partial charge in [0.1, 0.15) is 5.75 Å². The van der Waals surface area contributed by atoms with Crippen molar-refractivity contribution < 1.29 is 5.11 Å². The van der Waals surface area contributed by atoms with Gasteiger partial charge in [-0.3, -0.25) is 9.69 Å². The van der Waals surface area contributed by atoms with Crippen molar-refractivity contribution in [2.75, 3.05) is 31.1 Å². The third-order valence-electron chi connectivity index (χ3n) is 4.87. The molecule has 5 heteroatoms. The lowest BCUT2D eigenvalue weighted by Gasteiger charge is -2.36. The average molecular weight is 335 g/mol. The Balaban J connectivity index is 1.51. The highest BCUT2D eigenvalue weighted by Crippen LogP contribution is 2.26. The highest BCUT2D eigenvalue weighted by atomic mass is 16.3. The second-order valence-electron chi connectivity index (χ2n) is 6.43. The van der Waals surface area contributed by atoms with Crippen molar-refractivity contribution in [1.29, 1.82) is 0 Å². The van der Waals surface area contributed by atoms with Crippen LogP contribution in [0.5, 0.6) is 5.75 Å². The fraction of sp³-hybridized carbons (Fsp3) is 0.250. The molecule has 128 valence electrons. The number of para-hydroxylation sites is 2. The standard InChI is InChI=1S/C20H21N3O2/c24-19-16-8-4-5-9-18(16)21-20(25)17(19)14-22-10-12-23(13-11-22)15-6-2-1-3-7-15/h1-9H,10-14H2,(H2,21,24,25). The number of nitrogens with one attached hydrogen (secondary N) is 1. The molecule has 1 aliphatic rings. The fourth-order valence-corrected chi connectivity index (χ4v) is 3.44. The Morgan fingerprint density at radius 3 is 2.36 bits per heavy atom. The number of aromatic hydroxyl groups is 1. The summed E-state index contributed by atoms with van der Waals surface area (Å²) in [5.74, 6) is 0.102. The molecular weight excluding hydrogens is 314 g/mol. The van der Waals surface area contributed by atoms with Crippen LogP contribution in [-0.2, 0) is 6.54 Å². The van der Waals surface area contributed by atoms with Gasteiger partial charge in [0.15, 0.2) is 0 Å². The number of benzene rings is 2. The van der Waals surface area contributed by atoms with Crippen molar-refractivity contribution in [1.82, 2.24) is 9.88 Å². The van der Waals surface area contributed by atoms with E-state index >= 15 is 0 Å². The van der Waals surface area contributed by atoms with Gasteiger partial charge < -0.3 is 15.0 Å². The number of hydrogen-bond donors (Lipinski definition) is 2. The van der Waals surface area contributed by atoms with Crippen molar-refractivity contribution in [3.63, 3.8) is 0 Å². The number of nitrogens with zero attached hydrogens (tertiary/aromatic N) is 2. The van der Waals surface area contributed by atoms with Gasteiger partial charge in [0.25, 0.3) is 5.56 Å². The van der Waals surface area contributed by atoms with Crippen molar-refractivity contribution in [3.05, 3.63) is 70.5 Å². The Morgan fingerprint density at radius 2 is 1.60 bits per heavy atom. The molecule has 5 nitrogen and oxygen atoms in total. The van der Waals surface area contributed by atoms with Gasteiger partial charge in [-0.2, -0.15) is 0 Å². The molecule has 2 N–H and O–H groups in total. The number of anilines is 1. The van der Waals surface area contributed by atoms with Crippen molar-refractivity contribution in [3.8, 4) is 5.75 Å². The lowest BCUT2D eigenvalue weighted by molar-refractivity contribution is 0.246. The monoisotopic (exact) mass is 335 g/mol. The molecule has 0 aliphatic carbocycles. The molecule has 4 rings (SSSR count). The SMILES string of the molecule is O=c1[nH]c2ccccc2c(O)c1CN1CCN(c2ccccc2)CC1. The van der Waals surface area contributed by atoms with Gasteiger partial charge in [-0.15, -0.1) is 0 Å². The first kappa shape index (κ1) is 15.7. The minimum Gasteiger partial charge on any atom is -0.507 e. The average Bonchev–Trinajstić information content (AvgIpc) is 2.66. The number of aromatic nitrogens is 1. The summed E-state index contributed by atoms with van der Waals surface area (Å²) >= 11 is 0. The summed E-state index contributed by atoms with van der Waals surface area (Å²) in [7, 11) is 0. The van der Waals surface area contributed by atoms with E-state index in [0.29, 0.717) is 23.0 Å². The van der Waals surface area contributed by atoms with Crippen LogP contribution in [0.1, 0.15) is 5.56 Å². The Bertz CT molecular complexity index is 929. The van der Waals surface area contributed by atoms with Crippen molar-refractivity contribution in [2.24, 2.45) is 0 Å². The van der Waals surface area contributed by atoms with E-state index in [1.165, 1.54) is 5.69 Å². The van der Waals surface area contributed by atoms with Crippen molar-refractivity contribution >= 4 is 16.6 Å². The van der Waals surface area contributed by atoms with Gasteiger partial charge in [-0.1, -0.05) is 30.3 Å². The predicted molar refractivity (Wildman–Crippen MR) is 100 cm³/mol. The molecule has 0 radical (unpaired) electrons. The lowest BCUT2D eigenvalue weighted by Crippen LogP contribution is -2.46. The minimum atomic E-state index is -0.207. The molecule has 0 spiro atoms. The molecule has 3 aromatic rings. The zero-order valence-electron chi connectivity index (χ0n) is 14.0. The van der Waals surface area contributed by atoms with E-state index in [1.54, 1.807) is 6.07 Å². The molecule has 0 saturated carbocycles. The zero-order valence-corrected chi connectivity index (χ0v) is 14.0. The molecule has 25 heavy (non-hydrogen) atoms. The van der Waals surface area contributed by atoms with Crippen LogP contribution in [0.15, 0.2) is 59.4 Å². The van der Waals surface area contributed by atoms with Crippen LogP contribution in [0.3, 0.4) is 0 Å². The third kappa shape index (κ3) is 3.10. The maximum absolute atomic E-state index is 12.4. The van der Waals surface area contributed by atoms with Gasteiger partial charge in [0.2, 0.25) is 0 Å². The summed E-state index contributed by atoms with van der Waals surface area (Å²) in [6.07, 6.45) is 0. The van der Waals surface area contributed by atoms with E-state index < -0.39 is 0 Å². The van der Waals surface area contributed by atoms with Crippen LogP contribution in [0.2, 0.25) is 0 Å². The molecule has 1 aromatic heterocycles. The summed E-state index contributed by atoms with van der Waals surface area (Å²) in [5.41, 5.74) is 2.14. The summed E-state index contributed by atoms with van der Waals surface area (Å²) < 4.78 is 0. The lowest BCUT2D eigenvalue weighted by atomic mass is 10.1. The van der Waals surface area contributed by atoms with E-state index in [-0.39, 0.29) is 11.3 Å². The molecule has 2 aromatic carbocycles. The third-order valence-corrected chi connectivity index (χ3v) is 4.87. The van der Waals surface area contributed by atoms with Crippen LogP contribution >= 0.6 is 0 Å². The second-order valence-corrected chi connectivity index (χ2v) is 6.43. The highest BCUT2D eigenvalue weighted by Gasteiger charge is 2.20. The van der Waals surface area contributed by atoms with Gasteiger partial charge in [-0.05, 0) is 24.3 Å². The van der Waals surface area contributed by atoms with Crippen LogP contribution in [0.4, 0.5) is 5.69 Å². The number of rotatable bonds is 3. The van der Waals surface area contributed by atoms with Gasteiger partial charge in [0, 0.05) is 43.8 Å². The van der Waals surface area contributed by atoms with Crippen LogP contribution in [0, 0.1) is 0 Å². The molecule has 1 aliphatic heterocycles. The maximum atomic E-state index is 12.4. The summed E-state index contributed by atoms with van der Waals surface area (Å²) in [6.45, 7) is 4.02. The van der Waals surface area contributed by atoms with E-state index in [0.717, 1.165) is 26.2 Å². The first-order valence-corrected chi connectivity index (χ1v) is 8.57. The first-order valence-electron chi connectivity index (χ1n) is 8.57. The molecule has 1 saturated heterocycles. The van der Waals surface area contributed by atoms with E-state index in [4.69, 9.17) is 0 Å². The number of fused-ring (bicyclic) bond motifs is 1. The largest absolute Gasteiger partial charge is 0.507 e. The number of H-pyrrole nitrogens is 1. The Kier molecular flexibility index (Phi) is 4.15. The normalized spacial score (nSPS) is 15.6. The molecule has 2 heterocycles. The first-order chi connectivity index (χ1) is 12.2. The topological polar surface area (TPSA) is 59.6 Å². The molecule has 0 bridgehead atoms. The number of aromatic amines is 1. The Hall–Kier alpha value is -2.79. The van der Waals surface area contributed by atoms with Crippen LogP contribution in [0.25, 0.3) is 10.9 Å². The number of pyridine rings is 1. The molecular formula is C20H21N3O2. The molecule has 1 fully saturated rings. The van der Waals surface area contributed by atoms with E-state index in [1.807, 2.05) is 36.4 Å². The second kappa shape index (κ2) is 6.61. The zero-order chi connectivity index (χ0) is 17.2. The summed E-state index contributed by atoms with van der Waals surface area (Å²) in [4.78, 5) is 19.8. The highest BCUT2D eigenvalue weighted by molar-refractivity contribution is 5.85. The van der Waals surface area contributed by atoms with Crippen LogP contribution < -0.4 is 10.5 Å². The predicted octanol–water partition coefficient (Wildman–Crippen LogP) is 2.56. The molecule has 0 unspecified atom stereocenters. The summed E-state index contributed by atoms with van der Waals surface area (Å²) in [6, 6.07) is 17.7. The van der Waals surface area contributed by atoms with Gasteiger partial charge >= 0.3 is 0 Å². The number of piperazine rings is 1. The summed E-state index contributed by atoms with van der Waals surface area (Å²) in [5, 5.41) is 11.2. The minimum absolute atomic E-state index is 0.102. The van der Waals surface area contributed by atoms with E-state index in [9.17, 15) is 9.90 Å². The van der Waals surface area contributed by atoms with Crippen molar-refractivity contribution in [2.45, 2.75) is 6.54 Å². The number of hydrogen-bond acceptors (Lipinski definition) is 4. The maximum Gasteiger partial charge on any atom is 0.256 e. The smallest absolute Gasteiger partial charge is 0.256 e. The molecule has 0 amide bonds. The van der Waals surface area contributed by atoms with Gasteiger partial charge in [-0.25, -0.2) is 0 Å². The van der Waals surface area contributed by atoms with Gasteiger partial charge in [0.05, 0.1) is 11.1 Å². The molecule has 0 atom stereocenters. The Labute approximate surface area is 146 Å². The van der Waals surface area contributed by atoms with E-state index in [2.05, 4.69) is 26.9 Å². The fourth-order valence-electron chi connectivity index (χ4n) is 3.44.